The van der Waals surface area contributed by atoms with E-state index in [9.17, 15) is 18.0 Å². The topological polar surface area (TPSA) is 46.5 Å². The Bertz CT molecular complexity index is 933. The predicted molar refractivity (Wildman–Crippen MR) is 97.1 cm³/mol. The molecular formula is C20H16ClF3O3. The van der Waals surface area contributed by atoms with Crippen LogP contribution in [0.2, 0.25) is 5.02 Å². The van der Waals surface area contributed by atoms with Crippen molar-refractivity contribution in [2.45, 2.75) is 32.0 Å². The van der Waals surface area contributed by atoms with Gasteiger partial charge in [-0.3, -0.25) is 0 Å². The van der Waals surface area contributed by atoms with Crippen molar-refractivity contribution in [1.29, 1.82) is 0 Å². The van der Waals surface area contributed by atoms with Gasteiger partial charge in [-0.25, -0.2) is 4.79 Å². The molecule has 0 bridgehead atoms. The number of alkyl halides is 3. The summed E-state index contributed by atoms with van der Waals surface area (Å²) in [5.74, 6) is -1.56. The van der Waals surface area contributed by atoms with E-state index in [1.54, 1.807) is 6.07 Å². The highest BCUT2D eigenvalue weighted by Crippen LogP contribution is 2.43. The first kappa shape index (κ1) is 19.3. The molecule has 7 heteroatoms. The van der Waals surface area contributed by atoms with Gasteiger partial charge in [0.1, 0.15) is 5.75 Å². The zero-order valence-corrected chi connectivity index (χ0v) is 15.2. The van der Waals surface area contributed by atoms with Crippen molar-refractivity contribution < 1.29 is 27.8 Å². The normalized spacial score (nSPS) is 16.6. The lowest BCUT2D eigenvalue weighted by molar-refractivity contribution is -0.187. The predicted octanol–water partition coefficient (Wildman–Crippen LogP) is 5.92. The van der Waals surface area contributed by atoms with Crippen LogP contribution >= 0.6 is 11.6 Å². The number of carbonyl (C=O) groups is 1. The van der Waals surface area contributed by atoms with E-state index in [0.29, 0.717) is 11.5 Å². The van der Waals surface area contributed by atoms with Gasteiger partial charge in [0, 0.05) is 5.56 Å². The highest BCUT2D eigenvalue weighted by molar-refractivity contribution is 6.32. The number of rotatable bonds is 3. The summed E-state index contributed by atoms with van der Waals surface area (Å²) in [5.41, 5.74) is 1.91. The van der Waals surface area contributed by atoms with Gasteiger partial charge in [-0.2, -0.15) is 13.2 Å². The Morgan fingerprint density at radius 3 is 2.48 bits per heavy atom. The molecule has 3 rings (SSSR count). The number of halogens is 4. The monoisotopic (exact) mass is 396 g/mol. The minimum atomic E-state index is -4.87. The standard InChI is InChI=1S/C20H16ClF3O3/c1-10(2)11-4-3-5-12(6-11)13-7-14-8-15(19(25)26)18(20(22,23)24)27-17(14)16(21)9-13/h3-10,18H,1-2H3,(H,25,26). The number of hydrogen-bond acceptors (Lipinski definition) is 2. The SMILES string of the molecule is CC(C)c1cccc(-c2cc(Cl)c3c(c2)C=C(C(=O)O)C(C(F)(F)F)O3)c1. The maximum Gasteiger partial charge on any atom is 0.430 e. The summed E-state index contributed by atoms with van der Waals surface area (Å²) >= 11 is 6.17. The van der Waals surface area contributed by atoms with Gasteiger partial charge in [0.05, 0.1) is 10.6 Å². The Hall–Kier alpha value is -2.47. The van der Waals surface area contributed by atoms with Crippen LogP contribution in [-0.4, -0.2) is 23.4 Å². The van der Waals surface area contributed by atoms with Crippen molar-refractivity contribution in [2.75, 3.05) is 0 Å². The number of ether oxygens (including phenoxy) is 1. The maximum atomic E-state index is 13.2. The third-order valence-corrected chi connectivity index (χ3v) is 4.61. The second-order valence-electron chi connectivity index (χ2n) is 6.60. The lowest BCUT2D eigenvalue weighted by atomic mass is 9.94. The van der Waals surface area contributed by atoms with Crippen LogP contribution in [0.25, 0.3) is 17.2 Å². The van der Waals surface area contributed by atoms with E-state index in [-0.39, 0.29) is 16.3 Å². The number of carboxylic acids is 1. The molecule has 142 valence electrons. The van der Waals surface area contributed by atoms with Crippen molar-refractivity contribution in [3.63, 3.8) is 0 Å². The number of benzene rings is 2. The van der Waals surface area contributed by atoms with E-state index in [1.165, 1.54) is 6.07 Å². The number of carboxylic acid groups (broad SMARTS) is 1. The lowest BCUT2D eigenvalue weighted by Gasteiger charge is -2.28. The molecule has 0 fully saturated rings. The van der Waals surface area contributed by atoms with Crippen molar-refractivity contribution >= 4 is 23.6 Å². The summed E-state index contributed by atoms with van der Waals surface area (Å²) in [6.45, 7) is 4.10. The minimum absolute atomic E-state index is 0.00705. The summed E-state index contributed by atoms with van der Waals surface area (Å²) in [5, 5.41) is 9.16. The zero-order chi connectivity index (χ0) is 19.9. The molecule has 27 heavy (non-hydrogen) atoms. The Balaban J connectivity index is 2.13. The van der Waals surface area contributed by atoms with Gasteiger partial charge in [0.25, 0.3) is 0 Å². The molecule has 1 heterocycles. The second-order valence-corrected chi connectivity index (χ2v) is 7.01. The van der Waals surface area contributed by atoms with Crippen LogP contribution in [0.5, 0.6) is 5.75 Å². The molecule has 0 amide bonds. The van der Waals surface area contributed by atoms with Crippen LogP contribution in [0.15, 0.2) is 42.0 Å². The molecule has 0 radical (unpaired) electrons. The van der Waals surface area contributed by atoms with Gasteiger partial charge in [-0.05, 0) is 40.8 Å². The maximum absolute atomic E-state index is 13.2. The lowest BCUT2D eigenvalue weighted by Crippen LogP contribution is -2.40. The Kier molecular flexibility index (Phi) is 4.95. The molecule has 3 nitrogen and oxygen atoms in total. The molecule has 1 aliphatic heterocycles. The molecule has 0 saturated carbocycles. The van der Waals surface area contributed by atoms with Gasteiger partial charge in [0.2, 0.25) is 6.10 Å². The molecule has 0 spiro atoms. The molecule has 2 aromatic rings. The Morgan fingerprint density at radius 2 is 1.89 bits per heavy atom. The van der Waals surface area contributed by atoms with Gasteiger partial charge in [0.15, 0.2) is 0 Å². The fourth-order valence-corrected chi connectivity index (χ4v) is 3.20. The minimum Gasteiger partial charge on any atom is -0.478 e. The first-order valence-corrected chi connectivity index (χ1v) is 8.58. The van der Waals surface area contributed by atoms with E-state index >= 15 is 0 Å². The smallest absolute Gasteiger partial charge is 0.430 e. The van der Waals surface area contributed by atoms with Crippen molar-refractivity contribution in [3.8, 4) is 16.9 Å². The van der Waals surface area contributed by atoms with Crippen LogP contribution in [0.4, 0.5) is 13.2 Å². The molecule has 1 aliphatic rings. The van der Waals surface area contributed by atoms with Crippen LogP contribution < -0.4 is 4.74 Å². The van der Waals surface area contributed by atoms with E-state index in [2.05, 4.69) is 0 Å². The average molecular weight is 397 g/mol. The average Bonchev–Trinajstić information content (AvgIpc) is 2.59. The van der Waals surface area contributed by atoms with Crippen molar-refractivity contribution in [3.05, 3.63) is 58.1 Å². The van der Waals surface area contributed by atoms with Crippen molar-refractivity contribution in [1.82, 2.24) is 0 Å². The molecule has 1 N–H and O–H groups in total. The zero-order valence-electron chi connectivity index (χ0n) is 14.5. The molecule has 1 atom stereocenters. The van der Waals surface area contributed by atoms with E-state index in [1.807, 2.05) is 38.1 Å². The Labute approximate surface area is 159 Å². The Morgan fingerprint density at radius 1 is 1.19 bits per heavy atom. The van der Waals surface area contributed by atoms with Crippen LogP contribution in [0, 0.1) is 0 Å². The fraction of sp³-hybridized carbons (Fsp3) is 0.250. The third kappa shape index (κ3) is 3.81. The van der Waals surface area contributed by atoms with Crippen LogP contribution in [0.3, 0.4) is 0 Å². The first-order valence-electron chi connectivity index (χ1n) is 8.20. The van der Waals surface area contributed by atoms with Crippen molar-refractivity contribution in [2.24, 2.45) is 0 Å². The summed E-state index contributed by atoms with van der Waals surface area (Å²) in [6, 6.07) is 10.8. The number of hydrogen-bond donors (Lipinski definition) is 1. The van der Waals surface area contributed by atoms with E-state index in [0.717, 1.165) is 17.2 Å². The van der Waals surface area contributed by atoms with Gasteiger partial charge in [-0.1, -0.05) is 49.7 Å². The van der Waals surface area contributed by atoms with E-state index < -0.39 is 23.8 Å². The highest BCUT2D eigenvalue weighted by Gasteiger charge is 2.48. The van der Waals surface area contributed by atoms with Gasteiger partial charge < -0.3 is 9.84 Å². The summed E-state index contributed by atoms with van der Waals surface area (Å²) < 4.78 is 44.5. The van der Waals surface area contributed by atoms with E-state index in [4.69, 9.17) is 21.4 Å². The van der Waals surface area contributed by atoms with Crippen LogP contribution in [0.1, 0.15) is 30.9 Å². The van der Waals surface area contributed by atoms with Gasteiger partial charge >= 0.3 is 12.1 Å². The number of aliphatic carboxylic acids is 1. The molecule has 0 saturated heterocycles. The van der Waals surface area contributed by atoms with Crippen LogP contribution in [-0.2, 0) is 4.79 Å². The third-order valence-electron chi connectivity index (χ3n) is 4.33. The summed E-state index contributed by atoms with van der Waals surface area (Å²) in [4.78, 5) is 11.3. The molecule has 2 aromatic carbocycles. The quantitative estimate of drug-likeness (QED) is 0.700. The second kappa shape index (κ2) is 6.93. The highest BCUT2D eigenvalue weighted by atomic mass is 35.5. The molecule has 0 aromatic heterocycles. The summed E-state index contributed by atoms with van der Waals surface area (Å²) in [7, 11) is 0. The number of fused-ring (bicyclic) bond motifs is 1. The first-order chi connectivity index (χ1) is 12.6. The van der Waals surface area contributed by atoms with Gasteiger partial charge in [-0.15, -0.1) is 0 Å². The fourth-order valence-electron chi connectivity index (χ4n) is 2.93. The summed E-state index contributed by atoms with van der Waals surface area (Å²) in [6.07, 6.45) is -6.45. The molecule has 0 aliphatic carbocycles. The molecular weight excluding hydrogens is 381 g/mol. The largest absolute Gasteiger partial charge is 0.478 e. The molecule has 1 unspecified atom stereocenters.